The van der Waals surface area contributed by atoms with Crippen molar-refractivity contribution < 1.29 is 0 Å². The van der Waals surface area contributed by atoms with Crippen LogP contribution in [-0.2, 0) is 0 Å². The monoisotopic (exact) mass is 319 g/mol. The molecule has 124 valence electrons. The summed E-state index contributed by atoms with van der Waals surface area (Å²) in [5.41, 5.74) is 5.33. The van der Waals surface area contributed by atoms with Crippen molar-refractivity contribution in [1.82, 2.24) is 14.8 Å². The molecule has 1 aliphatic heterocycles. The van der Waals surface area contributed by atoms with Gasteiger partial charge in [0.15, 0.2) is 0 Å². The van der Waals surface area contributed by atoms with Crippen molar-refractivity contribution in [3.8, 4) is 0 Å². The Morgan fingerprint density at radius 2 is 1.54 bits per heavy atom. The number of fused-ring (bicyclic) bond motifs is 1. The van der Waals surface area contributed by atoms with Crippen LogP contribution in [0.3, 0.4) is 0 Å². The average Bonchev–Trinajstić information content (AvgIpc) is 2.94. The molecular formula is C21H25N3. The van der Waals surface area contributed by atoms with Crippen LogP contribution in [0.2, 0.25) is 0 Å². The molecule has 3 aromatic rings. The van der Waals surface area contributed by atoms with E-state index in [0.717, 1.165) is 26.2 Å². The van der Waals surface area contributed by atoms with Crippen LogP contribution in [0.25, 0.3) is 10.9 Å². The minimum atomic E-state index is 0.316. The zero-order valence-corrected chi connectivity index (χ0v) is 14.5. The van der Waals surface area contributed by atoms with Gasteiger partial charge in [-0.25, -0.2) is 0 Å². The minimum absolute atomic E-state index is 0.316. The number of aromatic amines is 1. The van der Waals surface area contributed by atoms with E-state index in [1.54, 1.807) is 0 Å². The van der Waals surface area contributed by atoms with Crippen LogP contribution in [0.15, 0.2) is 54.6 Å². The number of aryl methyl sites for hydroxylation is 1. The Labute approximate surface area is 143 Å². The number of rotatable bonds is 3. The molecule has 24 heavy (non-hydrogen) atoms. The van der Waals surface area contributed by atoms with Gasteiger partial charge < -0.3 is 9.88 Å². The van der Waals surface area contributed by atoms with Crippen LogP contribution >= 0.6 is 0 Å². The minimum Gasteiger partial charge on any atom is -0.358 e. The van der Waals surface area contributed by atoms with Crippen molar-refractivity contribution in [3.63, 3.8) is 0 Å². The molecule has 1 atom stereocenters. The van der Waals surface area contributed by atoms with Gasteiger partial charge in [0.25, 0.3) is 0 Å². The molecule has 1 N–H and O–H groups in total. The van der Waals surface area contributed by atoms with Gasteiger partial charge in [0.05, 0.1) is 6.04 Å². The number of para-hydroxylation sites is 1. The van der Waals surface area contributed by atoms with Gasteiger partial charge in [0, 0.05) is 48.3 Å². The Morgan fingerprint density at radius 3 is 2.29 bits per heavy atom. The van der Waals surface area contributed by atoms with E-state index in [-0.39, 0.29) is 0 Å². The SMILES string of the molecule is Cc1[nH]c2ccccc2c1[C@@H](c1ccccc1)N1CCN(C)CC1. The molecule has 0 saturated carbocycles. The van der Waals surface area contributed by atoms with Crippen LogP contribution in [0.1, 0.15) is 22.9 Å². The van der Waals surface area contributed by atoms with Gasteiger partial charge in [-0.3, -0.25) is 4.90 Å². The Kier molecular flexibility index (Phi) is 4.13. The third-order valence-corrected chi connectivity index (χ3v) is 5.24. The number of aromatic nitrogens is 1. The second-order valence-corrected chi connectivity index (χ2v) is 6.86. The van der Waals surface area contributed by atoms with Crippen molar-refractivity contribution in [2.45, 2.75) is 13.0 Å². The Bertz CT molecular complexity index is 813. The van der Waals surface area contributed by atoms with Gasteiger partial charge in [-0.15, -0.1) is 0 Å². The van der Waals surface area contributed by atoms with Crippen molar-refractivity contribution >= 4 is 10.9 Å². The highest BCUT2D eigenvalue weighted by Gasteiger charge is 2.28. The maximum Gasteiger partial charge on any atom is 0.0626 e. The normalized spacial score (nSPS) is 18.1. The lowest BCUT2D eigenvalue weighted by atomic mass is 9.94. The maximum absolute atomic E-state index is 3.59. The molecule has 2 aromatic carbocycles. The van der Waals surface area contributed by atoms with Crippen LogP contribution in [0.5, 0.6) is 0 Å². The zero-order valence-electron chi connectivity index (χ0n) is 14.5. The molecule has 0 aliphatic carbocycles. The first-order valence-electron chi connectivity index (χ1n) is 8.79. The number of benzene rings is 2. The predicted molar refractivity (Wildman–Crippen MR) is 100 cm³/mol. The van der Waals surface area contributed by atoms with Gasteiger partial charge in [0.2, 0.25) is 0 Å². The van der Waals surface area contributed by atoms with E-state index >= 15 is 0 Å². The van der Waals surface area contributed by atoms with Crippen molar-refractivity contribution in [1.29, 1.82) is 0 Å². The summed E-state index contributed by atoms with van der Waals surface area (Å²) in [5, 5.41) is 1.35. The Morgan fingerprint density at radius 1 is 0.875 bits per heavy atom. The molecule has 1 aromatic heterocycles. The van der Waals surface area contributed by atoms with E-state index < -0.39 is 0 Å². The van der Waals surface area contributed by atoms with E-state index in [9.17, 15) is 0 Å². The van der Waals surface area contributed by atoms with E-state index in [2.05, 4.69) is 83.4 Å². The van der Waals surface area contributed by atoms with Crippen LogP contribution in [-0.4, -0.2) is 48.0 Å². The van der Waals surface area contributed by atoms with Gasteiger partial charge in [-0.2, -0.15) is 0 Å². The molecule has 3 heteroatoms. The summed E-state index contributed by atoms with van der Waals surface area (Å²) >= 11 is 0. The second-order valence-electron chi connectivity index (χ2n) is 6.86. The van der Waals surface area contributed by atoms with Crippen LogP contribution < -0.4 is 0 Å². The van der Waals surface area contributed by atoms with E-state index in [1.807, 2.05) is 0 Å². The first-order chi connectivity index (χ1) is 11.7. The van der Waals surface area contributed by atoms with Crippen molar-refractivity contribution in [2.75, 3.05) is 33.2 Å². The summed E-state index contributed by atoms with van der Waals surface area (Å²) in [6.07, 6.45) is 0. The molecule has 0 spiro atoms. The highest BCUT2D eigenvalue weighted by Crippen LogP contribution is 2.36. The molecule has 2 heterocycles. The van der Waals surface area contributed by atoms with Gasteiger partial charge in [0.1, 0.15) is 0 Å². The predicted octanol–water partition coefficient (Wildman–Crippen LogP) is 3.81. The van der Waals surface area contributed by atoms with Crippen molar-refractivity contribution in [2.24, 2.45) is 0 Å². The van der Waals surface area contributed by atoms with Crippen LogP contribution in [0.4, 0.5) is 0 Å². The fraction of sp³-hybridized carbons (Fsp3) is 0.333. The highest BCUT2D eigenvalue weighted by atomic mass is 15.3. The topological polar surface area (TPSA) is 22.3 Å². The van der Waals surface area contributed by atoms with Gasteiger partial charge >= 0.3 is 0 Å². The maximum atomic E-state index is 3.59. The smallest absolute Gasteiger partial charge is 0.0626 e. The molecule has 1 fully saturated rings. The van der Waals surface area contributed by atoms with E-state index in [4.69, 9.17) is 0 Å². The lowest BCUT2D eigenvalue weighted by Gasteiger charge is -2.38. The quantitative estimate of drug-likeness (QED) is 0.793. The first-order valence-corrected chi connectivity index (χ1v) is 8.79. The fourth-order valence-electron chi connectivity index (χ4n) is 3.93. The summed E-state index contributed by atoms with van der Waals surface area (Å²) in [7, 11) is 2.21. The van der Waals surface area contributed by atoms with Crippen molar-refractivity contribution in [3.05, 3.63) is 71.4 Å². The molecule has 4 rings (SSSR count). The number of nitrogens with zero attached hydrogens (tertiary/aromatic N) is 2. The number of piperazine rings is 1. The third-order valence-electron chi connectivity index (χ3n) is 5.24. The number of nitrogens with one attached hydrogen (secondary N) is 1. The van der Waals surface area contributed by atoms with Gasteiger partial charge in [-0.1, -0.05) is 48.5 Å². The van der Waals surface area contributed by atoms with E-state index in [1.165, 1.54) is 27.7 Å². The van der Waals surface area contributed by atoms with E-state index in [0.29, 0.717) is 6.04 Å². The molecule has 1 aliphatic rings. The Hall–Kier alpha value is -2.10. The largest absolute Gasteiger partial charge is 0.358 e. The molecule has 1 saturated heterocycles. The standard InChI is InChI=1S/C21H25N3/c1-16-20(18-10-6-7-11-19(18)22-16)21(17-8-4-3-5-9-17)24-14-12-23(2)13-15-24/h3-11,21-22H,12-15H2,1-2H3/t21-/m1/s1. The number of H-pyrrole nitrogens is 1. The summed E-state index contributed by atoms with van der Waals surface area (Å²) in [4.78, 5) is 8.64. The number of hydrogen-bond donors (Lipinski definition) is 1. The molecular weight excluding hydrogens is 294 g/mol. The summed E-state index contributed by atoms with van der Waals surface area (Å²) in [6.45, 7) is 6.68. The first kappa shape index (κ1) is 15.4. The molecule has 0 unspecified atom stereocenters. The number of likely N-dealkylation sites (N-methyl/N-ethyl adjacent to an activating group) is 1. The fourth-order valence-corrected chi connectivity index (χ4v) is 3.93. The summed E-state index contributed by atoms with van der Waals surface area (Å²) < 4.78 is 0. The Balaban J connectivity index is 1.84. The molecule has 0 amide bonds. The summed E-state index contributed by atoms with van der Waals surface area (Å²) in [6, 6.07) is 19.9. The zero-order chi connectivity index (χ0) is 16.5. The second kappa shape index (κ2) is 6.42. The van der Waals surface area contributed by atoms with Gasteiger partial charge in [-0.05, 0) is 25.6 Å². The third kappa shape index (κ3) is 2.74. The number of hydrogen-bond acceptors (Lipinski definition) is 2. The average molecular weight is 319 g/mol. The van der Waals surface area contributed by atoms with Crippen LogP contribution in [0, 0.1) is 6.92 Å². The summed E-state index contributed by atoms with van der Waals surface area (Å²) in [5.74, 6) is 0. The lowest BCUT2D eigenvalue weighted by Crippen LogP contribution is -2.46. The lowest BCUT2D eigenvalue weighted by molar-refractivity contribution is 0.127. The molecule has 0 bridgehead atoms. The molecule has 0 radical (unpaired) electrons. The molecule has 3 nitrogen and oxygen atoms in total. The highest BCUT2D eigenvalue weighted by molar-refractivity contribution is 5.85.